The third kappa shape index (κ3) is 1.80. The average molecular weight is 243 g/mol. The van der Waals surface area contributed by atoms with Crippen molar-refractivity contribution in [1.29, 1.82) is 5.26 Å². The van der Waals surface area contributed by atoms with Gasteiger partial charge in [-0.2, -0.15) is 5.26 Å². The van der Waals surface area contributed by atoms with Crippen LogP contribution in [0.2, 0.25) is 0 Å². The summed E-state index contributed by atoms with van der Waals surface area (Å²) in [5, 5.41) is 16.2. The maximum Gasteiger partial charge on any atom is 0.346 e. The first-order valence-electron chi connectivity index (χ1n) is 1.53. The molecule has 0 aliphatic carbocycles. The number of carbonyl (C=O) groups is 1. The summed E-state index contributed by atoms with van der Waals surface area (Å²) >= 11 is 5.20. The number of rotatable bonds is 1. The first-order valence-corrected chi connectivity index (χ1v) is 3.12. The summed E-state index contributed by atoms with van der Waals surface area (Å²) in [6.45, 7) is 0. The van der Waals surface area contributed by atoms with E-state index in [0.29, 0.717) is 0 Å². The van der Waals surface area contributed by atoms with Gasteiger partial charge in [0.1, 0.15) is 6.07 Å². The molecule has 0 unspecified atom stereocenters. The van der Waals surface area contributed by atoms with Crippen LogP contribution in [0.3, 0.4) is 0 Å². The molecule has 8 heavy (non-hydrogen) atoms. The van der Waals surface area contributed by atoms with Crippen molar-refractivity contribution in [1.82, 2.24) is 0 Å². The Morgan fingerprint density at radius 3 is 2.12 bits per heavy atom. The van der Waals surface area contributed by atoms with Crippen LogP contribution in [-0.4, -0.2) is 14.3 Å². The smallest absolute Gasteiger partial charge is 0.346 e. The second kappa shape index (κ2) is 2.46. The molecule has 0 aromatic rings. The Hall–Kier alpha value is -0.0800. The molecule has 0 aromatic heterocycles. The van der Waals surface area contributed by atoms with Crippen LogP contribution in [0.25, 0.3) is 0 Å². The van der Waals surface area contributed by atoms with Gasteiger partial charge in [0, 0.05) is 0 Å². The highest BCUT2D eigenvalue weighted by molar-refractivity contribution is 9.26. The molecule has 0 aromatic carbocycles. The molecule has 0 amide bonds. The molecule has 5 heteroatoms. The summed E-state index contributed by atoms with van der Waals surface area (Å²) in [7, 11) is 0. The molecular weight excluding hydrogens is 242 g/mol. The summed E-state index contributed by atoms with van der Waals surface area (Å²) in [6, 6.07) is 1.47. The third-order valence-electron chi connectivity index (χ3n) is 0.409. The minimum absolute atomic E-state index is 1.25. The SMILES string of the molecule is N#CC(Br)(Br)C(=O)O. The maximum absolute atomic E-state index is 9.94. The van der Waals surface area contributed by atoms with Crippen molar-refractivity contribution in [2.45, 2.75) is 3.23 Å². The summed E-state index contributed by atoms with van der Waals surface area (Å²) in [5.74, 6) is -1.25. The first kappa shape index (κ1) is 7.92. The fourth-order valence-corrected chi connectivity index (χ4v) is 0.0478. The number of hydrogen-bond donors (Lipinski definition) is 1. The lowest BCUT2D eigenvalue weighted by molar-refractivity contribution is -0.135. The van der Waals surface area contributed by atoms with Gasteiger partial charge in [-0.15, -0.1) is 0 Å². The van der Waals surface area contributed by atoms with E-state index in [9.17, 15) is 4.79 Å². The van der Waals surface area contributed by atoms with Gasteiger partial charge in [0.2, 0.25) is 0 Å². The zero-order valence-corrected chi connectivity index (χ0v) is 6.73. The number of aliphatic carboxylic acids is 1. The third-order valence-corrected chi connectivity index (χ3v) is 1.44. The lowest BCUT2D eigenvalue weighted by atomic mass is 10.5. The molecule has 0 aliphatic rings. The Labute approximate surface area is 62.6 Å². The summed E-state index contributed by atoms with van der Waals surface area (Å²) in [4.78, 5) is 9.94. The van der Waals surface area contributed by atoms with Crippen LogP contribution in [0, 0.1) is 11.3 Å². The van der Waals surface area contributed by atoms with Crippen LogP contribution in [0.5, 0.6) is 0 Å². The maximum atomic E-state index is 9.94. The van der Waals surface area contributed by atoms with Gasteiger partial charge in [-0.1, -0.05) is 0 Å². The van der Waals surface area contributed by atoms with Gasteiger partial charge >= 0.3 is 5.97 Å². The fourth-order valence-electron chi connectivity index (χ4n) is 0.0478. The van der Waals surface area contributed by atoms with Gasteiger partial charge in [0.05, 0.1) is 0 Å². The number of nitrogens with zero attached hydrogens (tertiary/aromatic N) is 1. The summed E-state index contributed by atoms with van der Waals surface area (Å²) < 4.78 is -1.61. The highest BCUT2D eigenvalue weighted by atomic mass is 79.9. The van der Waals surface area contributed by atoms with E-state index in [1.54, 1.807) is 0 Å². The quantitative estimate of drug-likeness (QED) is 0.700. The van der Waals surface area contributed by atoms with Crippen molar-refractivity contribution in [2.24, 2.45) is 0 Å². The van der Waals surface area contributed by atoms with Crippen molar-refractivity contribution < 1.29 is 9.90 Å². The monoisotopic (exact) mass is 241 g/mol. The lowest BCUT2D eigenvalue weighted by Crippen LogP contribution is -2.21. The second-order valence-corrected chi connectivity index (χ2v) is 4.43. The predicted molar refractivity (Wildman–Crippen MR) is 33.8 cm³/mol. The molecular formula is C3HBr2NO2. The molecule has 0 saturated heterocycles. The number of carboxylic acid groups (broad SMARTS) is 1. The fraction of sp³-hybridized carbons (Fsp3) is 0.333. The van der Waals surface area contributed by atoms with Crippen LogP contribution >= 0.6 is 31.9 Å². The van der Waals surface area contributed by atoms with Crippen LogP contribution in [-0.2, 0) is 4.79 Å². The molecule has 0 spiro atoms. The molecule has 0 radical (unpaired) electrons. The molecule has 44 valence electrons. The molecule has 0 rings (SSSR count). The van der Waals surface area contributed by atoms with E-state index in [1.165, 1.54) is 6.07 Å². The van der Waals surface area contributed by atoms with Gasteiger partial charge < -0.3 is 5.11 Å². The number of halogens is 2. The molecule has 0 heterocycles. The predicted octanol–water partition coefficient (Wildman–Crippen LogP) is 1.08. The van der Waals surface area contributed by atoms with E-state index in [-0.39, 0.29) is 0 Å². The highest BCUT2D eigenvalue weighted by Gasteiger charge is 2.31. The Balaban J connectivity index is 4.19. The van der Waals surface area contributed by atoms with Gasteiger partial charge in [-0.05, 0) is 31.9 Å². The van der Waals surface area contributed by atoms with Crippen molar-refractivity contribution in [3.8, 4) is 6.07 Å². The van der Waals surface area contributed by atoms with E-state index in [2.05, 4.69) is 31.9 Å². The van der Waals surface area contributed by atoms with Gasteiger partial charge in [-0.25, -0.2) is 4.79 Å². The standard InChI is InChI=1S/C3HBr2NO2/c4-3(5,1-6)2(7)8/h(H,7,8). The molecule has 0 fully saturated rings. The van der Waals surface area contributed by atoms with Crippen LogP contribution < -0.4 is 0 Å². The summed E-state index contributed by atoms with van der Waals surface area (Å²) in [5.41, 5.74) is 0. The minimum Gasteiger partial charge on any atom is -0.479 e. The van der Waals surface area contributed by atoms with E-state index >= 15 is 0 Å². The minimum atomic E-state index is -1.61. The molecule has 3 nitrogen and oxygen atoms in total. The van der Waals surface area contributed by atoms with E-state index in [4.69, 9.17) is 10.4 Å². The molecule has 0 bridgehead atoms. The van der Waals surface area contributed by atoms with Gasteiger partial charge in [-0.3, -0.25) is 0 Å². The Kier molecular flexibility index (Phi) is 2.44. The number of nitriles is 1. The molecule has 1 N–H and O–H groups in total. The van der Waals surface area contributed by atoms with Gasteiger partial charge in [0.15, 0.2) is 0 Å². The Morgan fingerprint density at radius 2 is 2.12 bits per heavy atom. The number of alkyl halides is 2. The van der Waals surface area contributed by atoms with Crippen LogP contribution in [0.15, 0.2) is 0 Å². The molecule has 0 aliphatic heterocycles. The lowest BCUT2D eigenvalue weighted by Gasteiger charge is -2.00. The molecule has 0 saturated carbocycles. The van der Waals surface area contributed by atoms with Gasteiger partial charge in [0.25, 0.3) is 3.23 Å². The molecule has 0 atom stereocenters. The average Bonchev–Trinajstić information content (AvgIpc) is 1.67. The largest absolute Gasteiger partial charge is 0.479 e. The van der Waals surface area contributed by atoms with E-state index in [0.717, 1.165) is 0 Å². The van der Waals surface area contributed by atoms with E-state index < -0.39 is 9.20 Å². The normalized spacial score (nSPS) is 10.1. The van der Waals surface area contributed by atoms with Crippen molar-refractivity contribution in [3.05, 3.63) is 0 Å². The first-order chi connectivity index (χ1) is 3.50. The number of hydrogen-bond acceptors (Lipinski definition) is 2. The topological polar surface area (TPSA) is 61.1 Å². The highest BCUT2D eigenvalue weighted by Crippen LogP contribution is 2.24. The summed E-state index contributed by atoms with van der Waals surface area (Å²) in [6.07, 6.45) is 0. The number of carboxylic acids is 1. The zero-order valence-electron chi connectivity index (χ0n) is 3.56. The van der Waals surface area contributed by atoms with Crippen LogP contribution in [0.1, 0.15) is 0 Å². The van der Waals surface area contributed by atoms with Crippen LogP contribution in [0.4, 0.5) is 0 Å². The van der Waals surface area contributed by atoms with E-state index in [1.807, 2.05) is 0 Å². The zero-order chi connectivity index (χ0) is 6.78. The Bertz CT molecular complexity index is 148. The Morgan fingerprint density at radius 1 is 1.75 bits per heavy atom. The van der Waals surface area contributed by atoms with Crippen molar-refractivity contribution in [3.63, 3.8) is 0 Å². The van der Waals surface area contributed by atoms with Crippen molar-refractivity contribution in [2.75, 3.05) is 0 Å². The van der Waals surface area contributed by atoms with Crippen molar-refractivity contribution >= 4 is 37.8 Å². The second-order valence-electron chi connectivity index (χ2n) is 0.991.